The highest BCUT2D eigenvalue weighted by molar-refractivity contribution is 6.30. The molecule has 0 N–H and O–H groups in total. The molecule has 10 aromatic carbocycles. The van der Waals surface area contributed by atoms with Gasteiger partial charge in [-0.15, -0.1) is 0 Å². The SMILES string of the molecule is Cc1cccc(N(c2cc(C(C)C)c3ccc4c(N(c5cccc(C)c5)c5c(C)ccc6c5oc5c(C(C)(C)C)cccc56)cc(C(C)C)c5ccc2c3c54)c2c(C)ccc3c2oc2ccccc23)c1. The second kappa shape index (κ2) is 16.0. The molecule has 0 saturated carbocycles. The summed E-state index contributed by atoms with van der Waals surface area (Å²) in [4.78, 5) is 5.00. The lowest BCUT2D eigenvalue weighted by Crippen LogP contribution is -2.14. The summed E-state index contributed by atoms with van der Waals surface area (Å²) in [6.45, 7) is 25.0. The van der Waals surface area contributed by atoms with Gasteiger partial charge in [-0.05, 0) is 142 Å². The van der Waals surface area contributed by atoms with Crippen LogP contribution in [0, 0.1) is 27.7 Å². The molecule has 0 aliphatic heterocycles. The zero-order valence-corrected chi connectivity index (χ0v) is 42.3. The van der Waals surface area contributed by atoms with E-state index in [2.05, 4.69) is 238 Å². The molecule has 0 aliphatic carbocycles. The second-order valence-corrected chi connectivity index (χ2v) is 21.5. The van der Waals surface area contributed by atoms with Gasteiger partial charge in [0.1, 0.15) is 11.2 Å². The Balaban J connectivity index is 1.22. The summed E-state index contributed by atoms with van der Waals surface area (Å²) in [7, 11) is 0. The Bertz CT molecular complexity index is 4060. The van der Waals surface area contributed by atoms with Crippen molar-refractivity contribution in [3.05, 3.63) is 191 Å². The minimum Gasteiger partial charge on any atom is -0.454 e. The summed E-state index contributed by atoms with van der Waals surface area (Å²) in [6.07, 6.45) is 0. The summed E-state index contributed by atoms with van der Waals surface area (Å²) in [6, 6.07) is 56.5. The van der Waals surface area contributed by atoms with E-state index < -0.39 is 0 Å². The smallest absolute Gasteiger partial charge is 0.159 e. The van der Waals surface area contributed by atoms with E-state index in [1.54, 1.807) is 0 Å². The summed E-state index contributed by atoms with van der Waals surface area (Å²) in [5.74, 6) is 0.478. The van der Waals surface area contributed by atoms with Crippen LogP contribution in [0.4, 0.5) is 34.1 Å². The minimum atomic E-state index is -0.100. The molecule has 0 spiro atoms. The quantitative estimate of drug-likeness (QED) is 0.142. The third-order valence-electron chi connectivity index (χ3n) is 15.0. The maximum Gasteiger partial charge on any atom is 0.159 e. The van der Waals surface area contributed by atoms with Crippen LogP contribution in [0.3, 0.4) is 0 Å². The van der Waals surface area contributed by atoms with E-state index in [1.807, 2.05) is 0 Å². The maximum atomic E-state index is 7.26. The molecule has 4 heteroatoms. The number of fused-ring (bicyclic) bond motifs is 6. The average molecular weight is 913 g/mol. The Kier molecular flexibility index (Phi) is 9.99. The molecular formula is C66H60N2O2. The first-order valence-electron chi connectivity index (χ1n) is 25.1. The summed E-state index contributed by atoms with van der Waals surface area (Å²) < 4.78 is 14.2. The van der Waals surface area contributed by atoms with Crippen LogP contribution in [0.2, 0.25) is 0 Å². The van der Waals surface area contributed by atoms with Crippen LogP contribution in [-0.4, -0.2) is 0 Å². The largest absolute Gasteiger partial charge is 0.454 e. The van der Waals surface area contributed by atoms with Crippen LogP contribution in [-0.2, 0) is 5.41 Å². The molecule has 70 heavy (non-hydrogen) atoms. The number of aryl methyl sites for hydroxylation is 4. The van der Waals surface area contributed by atoms with Gasteiger partial charge in [0.25, 0.3) is 0 Å². The summed E-state index contributed by atoms with van der Waals surface area (Å²) in [5.41, 5.74) is 18.7. The molecule has 0 fully saturated rings. The first-order chi connectivity index (χ1) is 33.7. The molecule has 2 heterocycles. The standard InChI is InChI=1S/C66H60N2O2/c1-37(2)53-35-56(67(43-19-14-17-39(5)33-43)61-41(7)25-27-49-45-21-12-13-24-58(45)69-64(49)61)51-31-29-47-54(38(3)4)36-57(52-32-30-46(53)59(51)60(47)52)68(44-20-15-18-40(6)34-44)62-42(8)26-28-50-48-22-16-23-55(66(9,10)11)63(48)70-65(50)62/h12-38H,1-11H3. The predicted molar refractivity (Wildman–Crippen MR) is 300 cm³/mol. The van der Waals surface area contributed by atoms with Gasteiger partial charge in [0.15, 0.2) is 11.2 Å². The predicted octanol–water partition coefficient (Wildman–Crippen LogP) is 20.1. The van der Waals surface area contributed by atoms with Gasteiger partial charge < -0.3 is 18.6 Å². The number of nitrogens with zero attached hydrogens (tertiary/aromatic N) is 2. The maximum absolute atomic E-state index is 7.26. The van der Waals surface area contributed by atoms with E-state index in [0.29, 0.717) is 0 Å². The molecule has 0 atom stereocenters. The van der Waals surface area contributed by atoms with Gasteiger partial charge in [-0.3, -0.25) is 0 Å². The molecular weight excluding hydrogens is 853 g/mol. The Morgan fingerprint density at radius 2 is 0.843 bits per heavy atom. The van der Waals surface area contributed by atoms with Crippen molar-refractivity contribution >= 4 is 110 Å². The average Bonchev–Trinajstić information content (AvgIpc) is 3.91. The molecule has 0 aliphatic rings. The lowest BCUT2D eigenvalue weighted by molar-refractivity contribution is 0.573. The third-order valence-corrected chi connectivity index (χ3v) is 15.0. The highest BCUT2D eigenvalue weighted by atomic mass is 16.3. The van der Waals surface area contributed by atoms with Crippen molar-refractivity contribution in [2.45, 2.75) is 93.4 Å². The topological polar surface area (TPSA) is 32.8 Å². The zero-order chi connectivity index (χ0) is 48.5. The molecule has 4 nitrogen and oxygen atoms in total. The number of benzene rings is 10. The first kappa shape index (κ1) is 43.7. The van der Waals surface area contributed by atoms with E-state index in [0.717, 1.165) is 89.1 Å². The van der Waals surface area contributed by atoms with Crippen LogP contribution in [0.1, 0.15) is 99.2 Å². The van der Waals surface area contributed by atoms with Gasteiger partial charge in [-0.1, -0.05) is 158 Å². The Hall–Kier alpha value is -7.56. The Morgan fingerprint density at radius 1 is 0.400 bits per heavy atom. The van der Waals surface area contributed by atoms with Gasteiger partial charge in [0.2, 0.25) is 0 Å². The number of rotatable bonds is 8. The van der Waals surface area contributed by atoms with Crippen LogP contribution < -0.4 is 9.80 Å². The van der Waals surface area contributed by atoms with Crippen LogP contribution in [0.15, 0.2) is 160 Å². The highest BCUT2D eigenvalue weighted by Crippen LogP contribution is 2.54. The van der Waals surface area contributed by atoms with Gasteiger partial charge in [-0.25, -0.2) is 0 Å². The van der Waals surface area contributed by atoms with Gasteiger partial charge in [0, 0.05) is 49.3 Å². The molecule has 0 amide bonds. The molecule has 12 aromatic rings. The number of anilines is 6. The number of para-hydroxylation sites is 2. The molecule has 0 bridgehead atoms. The fraction of sp³-hybridized carbons (Fsp3) is 0.212. The molecule has 0 unspecified atom stereocenters. The number of hydrogen-bond donors (Lipinski definition) is 0. The van der Waals surface area contributed by atoms with Crippen LogP contribution in [0.5, 0.6) is 0 Å². The van der Waals surface area contributed by atoms with E-state index in [-0.39, 0.29) is 17.3 Å². The molecule has 346 valence electrons. The van der Waals surface area contributed by atoms with Crippen molar-refractivity contribution in [1.29, 1.82) is 0 Å². The zero-order valence-electron chi connectivity index (χ0n) is 42.3. The van der Waals surface area contributed by atoms with Crippen molar-refractivity contribution < 1.29 is 8.83 Å². The van der Waals surface area contributed by atoms with E-state index in [9.17, 15) is 0 Å². The Morgan fingerprint density at radius 3 is 1.36 bits per heavy atom. The molecule has 2 aromatic heterocycles. The number of furan rings is 2. The van der Waals surface area contributed by atoms with Crippen LogP contribution in [0.25, 0.3) is 76.2 Å². The van der Waals surface area contributed by atoms with E-state index >= 15 is 0 Å². The minimum absolute atomic E-state index is 0.100. The van der Waals surface area contributed by atoms with E-state index in [1.165, 1.54) is 60.1 Å². The fourth-order valence-electron chi connectivity index (χ4n) is 11.6. The monoisotopic (exact) mass is 912 g/mol. The third kappa shape index (κ3) is 6.63. The fourth-order valence-corrected chi connectivity index (χ4v) is 11.6. The molecule has 0 saturated heterocycles. The van der Waals surface area contributed by atoms with Crippen molar-refractivity contribution in [3.8, 4) is 0 Å². The van der Waals surface area contributed by atoms with Crippen LogP contribution >= 0.6 is 0 Å². The van der Waals surface area contributed by atoms with Gasteiger partial charge >= 0.3 is 0 Å². The van der Waals surface area contributed by atoms with Crippen molar-refractivity contribution in [3.63, 3.8) is 0 Å². The summed E-state index contributed by atoms with van der Waals surface area (Å²) >= 11 is 0. The first-order valence-corrected chi connectivity index (χ1v) is 25.1. The van der Waals surface area contributed by atoms with Crippen molar-refractivity contribution in [2.75, 3.05) is 9.80 Å². The van der Waals surface area contributed by atoms with E-state index in [4.69, 9.17) is 8.83 Å². The van der Waals surface area contributed by atoms with Crippen molar-refractivity contribution in [2.24, 2.45) is 0 Å². The van der Waals surface area contributed by atoms with Gasteiger partial charge in [-0.2, -0.15) is 0 Å². The Labute approximate surface area is 411 Å². The van der Waals surface area contributed by atoms with Crippen molar-refractivity contribution in [1.82, 2.24) is 0 Å². The second-order valence-electron chi connectivity index (χ2n) is 21.5. The number of hydrogen-bond acceptors (Lipinski definition) is 4. The summed E-state index contributed by atoms with van der Waals surface area (Å²) in [5, 5.41) is 12.0. The molecule has 12 rings (SSSR count). The molecule has 0 radical (unpaired) electrons. The van der Waals surface area contributed by atoms with Gasteiger partial charge in [0.05, 0.1) is 22.7 Å². The lowest BCUT2D eigenvalue weighted by atomic mass is 9.84. The normalized spacial score (nSPS) is 12.5. The highest BCUT2D eigenvalue weighted by Gasteiger charge is 2.30. The lowest BCUT2D eigenvalue weighted by Gasteiger charge is -2.32.